The van der Waals surface area contributed by atoms with E-state index in [2.05, 4.69) is 4.98 Å². The minimum absolute atomic E-state index is 0.102. The van der Waals surface area contributed by atoms with Gasteiger partial charge < -0.3 is 4.74 Å². The van der Waals surface area contributed by atoms with Crippen LogP contribution in [0.15, 0.2) is 54.7 Å². The molecule has 150 valence electrons. The standard InChI is InChI=1S/C24H20ClN3O2/c1-14-23(16-3-7-18(25)8-4-16)24-26-13-20-21(28(24)27-14)11-17(12-22(20)29)15-5-9-19(30-2)10-6-15/h3-10,13,17H,11-12H2,1-2H3/t17-/m1/s1. The van der Waals surface area contributed by atoms with Crippen LogP contribution in [-0.4, -0.2) is 27.5 Å². The van der Waals surface area contributed by atoms with E-state index in [9.17, 15) is 4.79 Å². The molecule has 5 rings (SSSR count). The Morgan fingerprint density at radius 2 is 1.80 bits per heavy atom. The molecule has 0 amide bonds. The maximum Gasteiger partial charge on any atom is 0.166 e. The smallest absolute Gasteiger partial charge is 0.166 e. The van der Waals surface area contributed by atoms with Crippen molar-refractivity contribution in [2.75, 3.05) is 7.11 Å². The Labute approximate surface area is 179 Å². The molecule has 0 bridgehead atoms. The maximum absolute atomic E-state index is 12.9. The molecule has 6 heteroatoms. The Kier molecular flexibility index (Phi) is 4.55. The van der Waals surface area contributed by atoms with Crippen molar-refractivity contribution in [1.82, 2.24) is 14.6 Å². The number of benzene rings is 2. The molecule has 0 saturated carbocycles. The third-order valence-electron chi connectivity index (χ3n) is 5.81. The van der Waals surface area contributed by atoms with Crippen LogP contribution in [0, 0.1) is 6.92 Å². The quantitative estimate of drug-likeness (QED) is 0.455. The number of carbonyl (C=O) groups is 1. The van der Waals surface area contributed by atoms with Crippen molar-refractivity contribution in [2.24, 2.45) is 0 Å². The van der Waals surface area contributed by atoms with Crippen LogP contribution >= 0.6 is 11.6 Å². The summed E-state index contributed by atoms with van der Waals surface area (Å²) in [4.78, 5) is 17.5. The summed E-state index contributed by atoms with van der Waals surface area (Å²) < 4.78 is 7.11. The number of ether oxygens (including phenoxy) is 1. The third kappa shape index (κ3) is 3.06. The first-order valence-corrected chi connectivity index (χ1v) is 10.2. The molecule has 1 atom stereocenters. The van der Waals surface area contributed by atoms with Crippen LogP contribution in [0.3, 0.4) is 0 Å². The van der Waals surface area contributed by atoms with Gasteiger partial charge in [0, 0.05) is 23.2 Å². The van der Waals surface area contributed by atoms with Crippen LogP contribution in [0.1, 0.15) is 39.6 Å². The van der Waals surface area contributed by atoms with Crippen molar-refractivity contribution in [2.45, 2.75) is 25.7 Å². The molecule has 2 aromatic carbocycles. The van der Waals surface area contributed by atoms with E-state index >= 15 is 0 Å². The number of fused-ring (bicyclic) bond motifs is 3. The predicted octanol–water partition coefficient (Wildman–Crippen LogP) is 5.28. The van der Waals surface area contributed by atoms with Gasteiger partial charge in [-0.05, 0) is 54.7 Å². The number of Topliss-reactive ketones (excluding diaryl/α,β-unsaturated/α-hetero) is 1. The minimum Gasteiger partial charge on any atom is -0.497 e. The lowest BCUT2D eigenvalue weighted by atomic mass is 9.82. The highest BCUT2D eigenvalue weighted by Crippen LogP contribution is 2.35. The van der Waals surface area contributed by atoms with Gasteiger partial charge in [0.1, 0.15) is 5.75 Å². The number of nitrogens with zero attached hydrogens (tertiary/aromatic N) is 3. The van der Waals surface area contributed by atoms with Gasteiger partial charge in [0.05, 0.1) is 24.1 Å². The summed E-state index contributed by atoms with van der Waals surface area (Å²) in [5.74, 6) is 1.01. The summed E-state index contributed by atoms with van der Waals surface area (Å²) in [5, 5.41) is 5.45. The van der Waals surface area contributed by atoms with E-state index < -0.39 is 0 Å². The number of rotatable bonds is 3. The average molecular weight is 418 g/mol. The van der Waals surface area contributed by atoms with E-state index in [-0.39, 0.29) is 11.7 Å². The molecular weight excluding hydrogens is 398 g/mol. The van der Waals surface area contributed by atoms with Gasteiger partial charge >= 0.3 is 0 Å². The first-order chi connectivity index (χ1) is 14.5. The van der Waals surface area contributed by atoms with E-state index in [1.807, 2.05) is 60.0 Å². The Bertz CT molecular complexity index is 1260. The molecule has 30 heavy (non-hydrogen) atoms. The van der Waals surface area contributed by atoms with Crippen molar-refractivity contribution in [1.29, 1.82) is 0 Å². The van der Waals surface area contributed by atoms with Gasteiger partial charge in [-0.25, -0.2) is 9.50 Å². The maximum atomic E-state index is 12.9. The highest BCUT2D eigenvalue weighted by atomic mass is 35.5. The minimum atomic E-state index is 0.102. The van der Waals surface area contributed by atoms with E-state index in [1.165, 1.54) is 0 Å². The first kappa shape index (κ1) is 18.8. The molecule has 0 saturated heterocycles. The number of carbonyl (C=O) groups excluding carboxylic acids is 1. The fourth-order valence-electron chi connectivity index (χ4n) is 4.27. The van der Waals surface area contributed by atoms with Crippen LogP contribution in [0.25, 0.3) is 16.8 Å². The van der Waals surface area contributed by atoms with E-state index in [0.29, 0.717) is 17.0 Å². The van der Waals surface area contributed by atoms with Crippen molar-refractivity contribution >= 4 is 23.0 Å². The van der Waals surface area contributed by atoms with E-state index in [0.717, 1.165) is 45.9 Å². The Morgan fingerprint density at radius 3 is 2.50 bits per heavy atom. The molecule has 0 N–H and O–H groups in total. The van der Waals surface area contributed by atoms with Gasteiger partial charge in [-0.15, -0.1) is 0 Å². The molecule has 0 aliphatic heterocycles. The fourth-order valence-corrected chi connectivity index (χ4v) is 4.40. The molecule has 4 aromatic rings. The number of ketones is 1. The highest BCUT2D eigenvalue weighted by Gasteiger charge is 2.30. The number of hydrogen-bond donors (Lipinski definition) is 0. The molecule has 0 unspecified atom stereocenters. The van der Waals surface area contributed by atoms with Gasteiger partial charge in [0.15, 0.2) is 11.4 Å². The van der Waals surface area contributed by atoms with Crippen molar-refractivity contribution in [3.63, 3.8) is 0 Å². The molecule has 5 nitrogen and oxygen atoms in total. The first-order valence-electron chi connectivity index (χ1n) is 9.85. The van der Waals surface area contributed by atoms with Gasteiger partial charge in [0.2, 0.25) is 0 Å². The number of methoxy groups -OCH3 is 1. The van der Waals surface area contributed by atoms with Crippen LogP contribution < -0.4 is 4.74 Å². The third-order valence-corrected chi connectivity index (χ3v) is 6.06. The fraction of sp³-hybridized carbons (Fsp3) is 0.208. The Hall–Kier alpha value is -3.18. The number of aromatic nitrogens is 3. The second kappa shape index (κ2) is 7.26. The second-order valence-electron chi connectivity index (χ2n) is 7.62. The topological polar surface area (TPSA) is 56.5 Å². The van der Waals surface area contributed by atoms with Crippen molar-refractivity contribution in [3.05, 3.63) is 82.3 Å². The predicted molar refractivity (Wildman–Crippen MR) is 117 cm³/mol. The van der Waals surface area contributed by atoms with Crippen molar-refractivity contribution < 1.29 is 9.53 Å². The zero-order chi connectivity index (χ0) is 20.8. The molecule has 0 fully saturated rings. The molecule has 0 radical (unpaired) electrons. The zero-order valence-corrected chi connectivity index (χ0v) is 17.5. The number of halogens is 1. The van der Waals surface area contributed by atoms with Crippen LogP contribution in [0.5, 0.6) is 5.75 Å². The average Bonchev–Trinajstić information content (AvgIpc) is 3.10. The van der Waals surface area contributed by atoms with Gasteiger partial charge in [-0.3, -0.25) is 4.79 Å². The normalized spacial score (nSPS) is 16.0. The SMILES string of the molecule is COc1ccc([C@H]2CC(=O)c3cnc4c(-c5ccc(Cl)cc5)c(C)nn4c3C2)cc1. The van der Waals surface area contributed by atoms with Gasteiger partial charge in [-0.1, -0.05) is 35.9 Å². The molecule has 1 aliphatic rings. The van der Waals surface area contributed by atoms with Crippen LogP contribution in [0.2, 0.25) is 5.02 Å². The summed E-state index contributed by atoms with van der Waals surface area (Å²) in [6, 6.07) is 15.6. The molecule has 0 spiro atoms. The van der Waals surface area contributed by atoms with Gasteiger partial charge in [0.25, 0.3) is 0 Å². The number of aryl methyl sites for hydroxylation is 1. The molecule has 1 aliphatic carbocycles. The highest BCUT2D eigenvalue weighted by molar-refractivity contribution is 6.30. The number of hydrogen-bond acceptors (Lipinski definition) is 4. The summed E-state index contributed by atoms with van der Waals surface area (Å²) >= 11 is 6.05. The van der Waals surface area contributed by atoms with Crippen LogP contribution in [-0.2, 0) is 6.42 Å². The Morgan fingerprint density at radius 1 is 1.07 bits per heavy atom. The van der Waals surface area contributed by atoms with E-state index in [4.69, 9.17) is 21.4 Å². The summed E-state index contributed by atoms with van der Waals surface area (Å²) in [6.45, 7) is 1.97. The summed E-state index contributed by atoms with van der Waals surface area (Å²) in [7, 11) is 1.65. The van der Waals surface area contributed by atoms with E-state index in [1.54, 1.807) is 13.3 Å². The summed E-state index contributed by atoms with van der Waals surface area (Å²) in [6.07, 6.45) is 2.90. The van der Waals surface area contributed by atoms with Gasteiger partial charge in [-0.2, -0.15) is 5.10 Å². The Balaban J connectivity index is 1.61. The molecule has 2 heterocycles. The lowest BCUT2D eigenvalue weighted by Crippen LogP contribution is -2.22. The largest absolute Gasteiger partial charge is 0.497 e. The van der Waals surface area contributed by atoms with Crippen LogP contribution in [0.4, 0.5) is 0 Å². The van der Waals surface area contributed by atoms with Crippen molar-refractivity contribution in [3.8, 4) is 16.9 Å². The molecular formula is C24H20ClN3O2. The lowest BCUT2D eigenvalue weighted by Gasteiger charge is -2.24. The second-order valence-corrected chi connectivity index (χ2v) is 8.06. The lowest BCUT2D eigenvalue weighted by molar-refractivity contribution is 0.0962. The monoisotopic (exact) mass is 417 g/mol. The molecule has 2 aromatic heterocycles. The zero-order valence-electron chi connectivity index (χ0n) is 16.7. The summed E-state index contributed by atoms with van der Waals surface area (Å²) in [5.41, 5.74) is 6.31.